The second-order valence-corrected chi connectivity index (χ2v) is 7.48. The van der Waals surface area contributed by atoms with E-state index in [2.05, 4.69) is 10.2 Å². The highest BCUT2D eigenvalue weighted by Gasteiger charge is 2.15. The molecule has 3 rings (SSSR count). The lowest BCUT2D eigenvalue weighted by Gasteiger charge is -2.07. The Labute approximate surface area is 149 Å². The molecule has 0 unspecified atom stereocenters. The zero-order chi connectivity index (χ0) is 16.9. The normalized spacial score (nSPS) is 10.2. The molecule has 1 aromatic heterocycles. The fourth-order valence-corrected chi connectivity index (χ4v) is 4.38. The Morgan fingerprint density at radius 1 is 1.04 bits per heavy atom. The molecule has 0 bridgehead atoms. The number of rotatable bonds is 5. The first-order chi connectivity index (χ1) is 11.7. The summed E-state index contributed by atoms with van der Waals surface area (Å²) in [4.78, 5) is 28.1. The summed E-state index contributed by atoms with van der Waals surface area (Å²) in [5.41, 5.74) is 1.12. The number of ether oxygens (including phenoxy) is 1. The first kappa shape index (κ1) is 16.4. The number of hydrogen-bond donors (Lipinski definition) is 0. The summed E-state index contributed by atoms with van der Waals surface area (Å²) in [6, 6.07) is 15.3. The maximum absolute atomic E-state index is 12.2. The summed E-state index contributed by atoms with van der Waals surface area (Å²) >= 11 is 5.12. The molecule has 0 aliphatic heterocycles. The van der Waals surface area contributed by atoms with Crippen LogP contribution in [0.15, 0.2) is 59.9 Å². The molecular formula is C16H9NO4S3. The van der Waals surface area contributed by atoms with Crippen molar-refractivity contribution in [3.05, 3.63) is 68.9 Å². The second kappa shape index (κ2) is 7.43. The monoisotopic (exact) mass is 375 g/mol. The maximum atomic E-state index is 12.2. The number of nitrogens with zero attached hydrogens (tertiary/aromatic N) is 1. The van der Waals surface area contributed by atoms with Gasteiger partial charge in [-0.25, -0.2) is 4.79 Å². The molecule has 0 radical (unpaired) electrons. The van der Waals surface area contributed by atoms with Gasteiger partial charge in [0.25, 0.3) is 0 Å². The van der Waals surface area contributed by atoms with Crippen LogP contribution in [0.5, 0.6) is 11.5 Å². The van der Waals surface area contributed by atoms with Gasteiger partial charge in [-0.05, 0) is 48.0 Å². The molecule has 120 valence electrons. The third-order valence-corrected chi connectivity index (χ3v) is 5.96. The van der Waals surface area contributed by atoms with Crippen LogP contribution >= 0.6 is 32.9 Å². The van der Waals surface area contributed by atoms with Gasteiger partial charge in [-0.1, -0.05) is 45.0 Å². The van der Waals surface area contributed by atoms with E-state index in [0.717, 1.165) is 14.3 Å². The molecule has 0 aliphatic rings. The molecule has 0 spiro atoms. The van der Waals surface area contributed by atoms with Crippen molar-refractivity contribution in [2.45, 2.75) is 0 Å². The zero-order valence-corrected chi connectivity index (χ0v) is 14.5. The van der Waals surface area contributed by atoms with E-state index in [9.17, 15) is 9.70 Å². The SMILES string of the molecule is O=NOc1ccccc1C(=O)Oc1ccc(-c2cc(=S)ss2)cc1. The fraction of sp³-hybridized carbons (Fsp3) is 0. The van der Waals surface area contributed by atoms with E-state index in [1.807, 2.05) is 18.2 Å². The van der Waals surface area contributed by atoms with E-state index in [-0.39, 0.29) is 11.3 Å². The standard InChI is InChI=1S/C16H9NO4S3/c18-16(12-3-1-2-4-13(12)21-17-19)20-11-7-5-10(6-8-11)14-9-15(22)24-23-14/h1-9H. The molecule has 0 fully saturated rings. The van der Waals surface area contributed by atoms with E-state index >= 15 is 0 Å². The van der Waals surface area contributed by atoms with Crippen LogP contribution in [0, 0.1) is 8.73 Å². The molecule has 0 amide bonds. The van der Waals surface area contributed by atoms with Gasteiger partial charge in [-0.3, -0.25) is 0 Å². The quantitative estimate of drug-likeness (QED) is 0.147. The largest absolute Gasteiger partial charge is 0.423 e. The van der Waals surface area contributed by atoms with Crippen molar-refractivity contribution in [2.24, 2.45) is 5.34 Å². The van der Waals surface area contributed by atoms with Crippen LogP contribution in [-0.4, -0.2) is 5.97 Å². The number of para-hydroxylation sites is 1. The molecule has 0 saturated heterocycles. The van der Waals surface area contributed by atoms with E-state index in [1.165, 1.54) is 12.1 Å². The van der Waals surface area contributed by atoms with Crippen LogP contribution in [0.1, 0.15) is 10.4 Å². The minimum Gasteiger partial charge on any atom is -0.423 e. The van der Waals surface area contributed by atoms with Crippen molar-refractivity contribution in [1.82, 2.24) is 0 Å². The Bertz CT molecular complexity index is 931. The van der Waals surface area contributed by atoms with Gasteiger partial charge in [-0.2, -0.15) is 0 Å². The summed E-state index contributed by atoms with van der Waals surface area (Å²) < 4.78 is 6.15. The first-order valence-corrected chi connectivity index (χ1v) is 9.24. The minimum atomic E-state index is -0.631. The van der Waals surface area contributed by atoms with Gasteiger partial charge >= 0.3 is 5.97 Å². The highest BCUT2D eigenvalue weighted by molar-refractivity contribution is 7.80. The van der Waals surface area contributed by atoms with E-state index < -0.39 is 5.97 Å². The molecular weight excluding hydrogens is 366 g/mol. The highest BCUT2D eigenvalue weighted by atomic mass is 32.9. The van der Waals surface area contributed by atoms with Gasteiger partial charge in [-0.15, -0.1) is 4.91 Å². The topological polar surface area (TPSA) is 65.0 Å². The molecule has 5 nitrogen and oxygen atoms in total. The zero-order valence-electron chi connectivity index (χ0n) is 12.0. The van der Waals surface area contributed by atoms with Crippen molar-refractivity contribution in [2.75, 3.05) is 0 Å². The number of carbonyl (C=O) groups excluding carboxylic acids is 1. The molecule has 0 atom stereocenters. The van der Waals surface area contributed by atoms with Crippen LogP contribution < -0.4 is 9.57 Å². The molecule has 8 heteroatoms. The first-order valence-electron chi connectivity index (χ1n) is 6.69. The van der Waals surface area contributed by atoms with Crippen LogP contribution in [0.25, 0.3) is 10.4 Å². The van der Waals surface area contributed by atoms with E-state index in [4.69, 9.17) is 17.0 Å². The molecule has 3 aromatic rings. The fourth-order valence-electron chi connectivity index (χ4n) is 1.98. The Hall–Kier alpha value is -2.42. The van der Waals surface area contributed by atoms with Crippen LogP contribution in [0.3, 0.4) is 0 Å². The van der Waals surface area contributed by atoms with Crippen molar-refractivity contribution in [1.29, 1.82) is 0 Å². The summed E-state index contributed by atoms with van der Waals surface area (Å²) in [5.74, 6) is -0.197. The lowest BCUT2D eigenvalue weighted by atomic mass is 10.2. The Morgan fingerprint density at radius 2 is 1.79 bits per heavy atom. The Kier molecular flexibility index (Phi) is 5.09. The summed E-state index contributed by atoms with van der Waals surface area (Å²) in [6.45, 7) is 0. The smallest absolute Gasteiger partial charge is 0.347 e. The van der Waals surface area contributed by atoms with Gasteiger partial charge in [0.1, 0.15) is 15.1 Å². The third-order valence-electron chi connectivity index (χ3n) is 3.05. The van der Waals surface area contributed by atoms with Crippen molar-refractivity contribution in [3.63, 3.8) is 0 Å². The molecule has 24 heavy (non-hydrogen) atoms. The average molecular weight is 375 g/mol. The summed E-state index contributed by atoms with van der Waals surface area (Å²) in [7, 11) is 3.14. The van der Waals surface area contributed by atoms with Gasteiger partial charge in [0.2, 0.25) is 0 Å². The molecule has 1 heterocycles. The van der Waals surface area contributed by atoms with Gasteiger partial charge < -0.3 is 9.57 Å². The summed E-state index contributed by atoms with van der Waals surface area (Å²) in [6.07, 6.45) is 0. The lowest BCUT2D eigenvalue weighted by molar-refractivity contribution is 0.0730. The van der Waals surface area contributed by atoms with Crippen LogP contribution in [-0.2, 0) is 0 Å². The molecule has 0 saturated carbocycles. The Morgan fingerprint density at radius 3 is 2.46 bits per heavy atom. The number of benzene rings is 2. The second-order valence-electron chi connectivity index (χ2n) is 4.57. The van der Waals surface area contributed by atoms with Crippen molar-refractivity contribution >= 4 is 38.9 Å². The maximum Gasteiger partial charge on any atom is 0.347 e. The predicted octanol–water partition coefficient (Wildman–Crippen LogP) is 5.49. The number of hydrogen-bond acceptors (Lipinski definition) is 8. The number of esters is 1. The van der Waals surface area contributed by atoms with Crippen LogP contribution in [0.4, 0.5) is 0 Å². The van der Waals surface area contributed by atoms with Crippen LogP contribution in [0.2, 0.25) is 0 Å². The average Bonchev–Trinajstić information content (AvgIpc) is 3.03. The summed E-state index contributed by atoms with van der Waals surface area (Å²) in [5, 5.41) is 2.34. The van der Waals surface area contributed by atoms with Crippen molar-refractivity contribution < 1.29 is 14.4 Å². The predicted molar refractivity (Wildman–Crippen MR) is 96.3 cm³/mol. The number of carbonyl (C=O) groups is 1. The Balaban J connectivity index is 1.78. The minimum absolute atomic E-state index is 0.0483. The third kappa shape index (κ3) is 3.73. The molecule has 0 N–H and O–H groups in total. The molecule has 2 aromatic carbocycles. The van der Waals surface area contributed by atoms with Gasteiger partial charge in [0, 0.05) is 4.88 Å². The lowest BCUT2D eigenvalue weighted by Crippen LogP contribution is -2.09. The van der Waals surface area contributed by atoms with E-state index in [0.29, 0.717) is 5.75 Å². The van der Waals surface area contributed by atoms with Gasteiger partial charge in [0.15, 0.2) is 11.1 Å². The van der Waals surface area contributed by atoms with Gasteiger partial charge in [0.05, 0.1) is 0 Å². The molecule has 0 aliphatic carbocycles. The van der Waals surface area contributed by atoms with E-state index in [1.54, 1.807) is 44.9 Å². The highest BCUT2D eigenvalue weighted by Crippen LogP contribution is 2.30. The van der Waals surface area contributed by atoms with Crippen molar-refractivity contribution in [3.8, 4) is 21.9 Å².